The van der Waals surface area contributed by atoms with Crippen molar-refractivity contribution in [3.05, 3.63) is 26.7 Å². The first-order valence-corrected chi connectivity index (χ1v) is 9.47. The summed E-state index contributed by atoms with van der Waals surface area (Å²) in [6.45, 7) is 9.33. The molecule has 2 aromatic heterocycles. The Kier molecular flexibility index (Phi) is 5.62. The maximum atomic E-state index is 12.5. The zero-order chi connectivity index (χ0) is 18.8. The molecule has 0 saturated carbocycles. The fraction of sp³-hybridized carbons (Fsp3) is 0.722. The molecule has 0 radical (unpaired) electrons. The minimum atomic E-state index is -0.430. The van der Waals surface area contributed by atoms with Crippen molar-refractivity contribution in [1.82, 2.24) is 24.0 Å². The molecule has 144 valence electrons. The van der Waals surface area contributed by atoms with Crippen LogP contribution >= 0.6 is 0 Å². The average Bonchev–Trinajstić information content (AvgIpc) is 2.91. The summed E-state index contributed by atoms with van der Waals surface area (Å²) in [7, 11) is 1.65. The van der Waals surface area contributed by atoms with E-state index in [1.54, 1.807) is 7.05 Å². The Labute approximate surface area is 152 Å². The van der Waals surface area contributed by atoms with Gasteiger partial charge in [0.25, 0.3) is 5.56 Å². The van der Waals surface area contributed by atoms with E-state index in [9.17, 15) is 9.59 Å². The molecule has 0 spiro atoms. The van der Waals surface area contributed by atoms with Crippen molar-refractivity contribution in [2.45, 2.75) is 65.3 Å². The van der Waals surface area contributed by atoms with E-state index in [0.29, 0.717) is 17.7 Å². The third kappa shape index (κ3) is 3.76. The summed E-state index contributed by atoms with van der Waals surface area (Å²) in [6, 6.07) is 0. The number of aromatic amines is 1. The van der Waals surface area contributed by atoms with Gasteiger partial charge in [0.2, 0.25) is 0 Å². The lowest BCUT2D eigenvalue weighted by atomic mass is 10.2. The summed E-state index contributed by atoms with van der Waals surface area (Å²) in [5.41, 5.74) is 0.162. The number of imidazole rings is 1. The zero-order valence-electron chi connectivity index (χ0n) is 16.1. The molecule has 8 nitrogen and oxygen atoms in total. The summed E-state index contributed by atoms with van der Waals surface area (Å²) >= 11 is 0. The highest BCUT2D eigenvalue weighted by Crippen LogP contribution is 2.18. The van der Waals surface area contributed by atoms with Crippen molar-refractivity contribution >= 4 is 11.2 Å². The summed E-state index contributed by atoms with van der Waals surface area (Å²) in [5, 5.41) is 0. The lowest BCUT2D eigenvalue weighted by Gasteiger charge is -2.35. The number of H-pyrrole nitrogens is 1. The molecule has 1 N–H and O–H groups in total. The first-order chi connectivity index (χ1) is 12.4. The van der Waals surface area contributed by atoms with Gasteiger partial charge in [-0.25, -0.2) is 9.78 Å². The highest BCUT2D eigenvalue weighted by Gasteiger charge is 2.25. The van der Waals surface area contributed by atoms with Gasteiger partial charge in [-0.05, 0) is 20.3 Å². The number of unbranched alkanes of at least 4 members (excludes halogenated alkanes) is 2. The molecular formula is C18H29N5O3. The van der Waals surface area contributed by atoms with Gasteiger partial charge in [0.1, 0.15) is 5.82 Å². The van der Waals surface area contributed by atoms with Crippen LogP contribution in [0.15, 0.2) is 9.59 Å². The largest absolute Gasteiger partial charge is 0.373 e. The number of aryl methyl sites for hydroxylation is 2. The standard InChI is InChI=1S/C18H29N5O3/c1-5-6-7-8-23-14(11-22-9-12(2)26-13(3)10-22)19-16-15(23)17(24)20-18(25)21(16)4/h12-13H,5-11H2,1-4H3,(H,20,24,25)/t12-,13-/m0/s1. The maximum absolute atomic E-state index is 12.5. The minimum absolute atomic E-state index is 0.171. The van der Waals surface area contributed by atoms with E-state index >= 15 is 0 Å². The average molecular weight is 363 g/mol. The van der Waals surface area contributed by atoms with E-state index in [2.05, 4.69) is 35.6 Å². The first-order valence-electron chi connectivity index (χ1n) is 9.47. The number of nitrogens with one attached hydrogen (secondary N) is 1. The molecule has 0 bridgehead atoms. The summed E-state index contributed by atoms with van der Waals surface area (Å²) in [5.74, 6) is 0.837. The van der Waals surface area contributed by atoms with Gasteiger partial charge in [0.05, 0.1) is 18.8 Å². The molecular weight excluding hydrogens is 334 g/mol. The van der Waals surface area contributed by atoms with E-state index < -0.39 is 5.69 Å². The molecule has 3 heterocycles. The monoisotopic (exact) mass is 363 g/mol. The van der Waals surface area contributed by atoms with Gasteiger partial charge in [0.15, 0.2) is 11.2 Å². The molecule has 1 fully saturated rings. The maximum Gasteiger partial charge on any atom is 0.329 e. The van der Waals surface area contributed by atoms with Crippen molar-refractivity contribution in [3.8, 4) is 0 Å². The molecule has 0 aromatic carbocycles. The molecule has 0 aliphatic carbocycles. The molecule has 8 heteroatoms. The number of hydrogen-bond acceptors (Lipinski definition) is 5. The lowest BCUT2D eigenvalue weighted by molar-refractivity contribution is -0.0712. The molecule has 26 heavy (non-hydrogen) atoms. The minimum Gasteiger partial charge on any atom is -0.373 e. The molecule has 2 aromatic rings. The second-order valence-electron chi connectivity index (χ2n) is 7.33. The number of nitrogens with zero attached hydrogens (tertiary/aromatic N) is 4. The second-order valence-corrected chi connectivity index (χ2v) is 7.33. The van der Waals surface area contributed by atoms with Crippen LogP contribution in [-0.2, 0) is 24.9 Å². The molecule has 1 saturated heterocycles. The molecule has 1 aliphatic rings. The number of aromatic nitrogens is 4. The van der Waals surface area contributed by atoms with E-state index in [1.165, 1.54) is 4.57 Å². The van der Waals surface area contributed by atoms with Crippen molar-refractivity contribution in [3.63, 3.8) is 0 Å². The van der Waals surface area contributed by atoms with Crippen LogP contribution in [0.3, 0.4) is 0 Å². The van der Waals surface area contributed by atoms with Crippen molar-refractivity contribution in [2.75, 3.05) is 13.1 Å². The van der Waals surface area contributed by atoms with Gasteiger partial charge < -0.3 is 9.30 Å². The van der Waals surface area contributed by atoms with Crippen LogP contribution in [0.5, 0.6) is 0 Å². The Hall–Kier alpha value is -1.93. The molecule has 2 atom stereocenters. The third-order valence-electron chi connectivity index (χ3n) is 4.93. The van der Waals surface area contributed by atoms with Gasteiger partial charge in [-0.1, -0.05) is 19.8 Å². The van der Waals surface area contributed by atoms with Crippen LogP contribution in [0.4, 0.5) is 0 Å². The number of hydrogen-bond donors (Lipinski definition) is 1. The summed E-state index contributed by atoms with van der Waals surface area (Å²) in [4.78, 5) is 33.8. The van der Waals surface area contributed by atoms with Gasteiger partial charge in [-0.2, -0.15) is 0 Å². The fourth-order valence-corrected chi connectivity index (χ4v) is 3.77. The van der Waals surface area contributed by atoms with Crippen molar-refractivity contribution in [1.29, 1.82) is 0 Å². The van der Waals surface area contributed by atoms with Crippen LogP contribution in [0.25, 0.3) is 11.2 Å². The zero-order valence-corrected chi connectivity index (χ0v) is 16.1. The molecule has 1 aliphatic heterocycles. The lowest BCUT2D eigenvalue weighted by Crippen LogP contribution is -2.45. The van der Waals surface area contributed by atoms with E-state index in [1.807, 2.05) is 4.57 Å². The van der Waals surface area contributed by atoms with Gasteiger partial charge >= 0.3 is 5.69 Å². The fourth-order valence-electron chi connectivity index (χ4n) is 3.77. The second kappa shape index (κ2) is 7.75. The SMILES string of the molecule is CCCCCn1c(CN2C[C@H](C)O[C@@H](C)C2)nc2c1c(=O)[nH]c(=O)n2C. The van der Waals surface area contributed by atoms with Crippen LogP contribution in [-0.4, -0.2) is 49.3 Å². The van der Waals surface area contributed by atoms with Crippen molar-refractivity contribution in [2.24, 2.45) is 7.05 Å². The molecule has 0 amide bonds. The Morgan fingerprint density at radius 2 is 1.88 bits per heavy atom. The Balaban J connectivity index is 2.01. The highest BCUT2D eigenvalue weighted by atomic mass is 16.5. The van der Waals surface area contributed by atoms with Gasteiger partial charge in [0, 0.05) is 26.7 Å². The number of rotatable bonds is 6. The van der Waals surface area contributed by atoms with Crippen LogP contribution in [0, 0.1) is 0 Å². The number of fused-ring (bicyclic) bond motifs is 1. The van der Waals surface area contributed by atoms with Crippen LogP contribution in [0.2, 0.25) is 0 Å². The summed E-state index contributed by atoms with van der Waals surface area (Å²) < 4.78 is 9.22. The normalized spacial score (nSPS) is 21.5. The third-order valence-corrected chi connectivity index (χ3v) is 4.93. The number of morpholine rings is 1. The smallest absolute Gasteiger partial charge is 0.329 e. The molecule has 0 unspecified atom stereocenters. The topological polar surface area (TPSA) is 85.2 Å². The van der Waals surface area contributed by atoms with Crippen molar-refractivity contribution < 1.29 is 4.74 Å². The quantitative estimate of drug-likeness (QED) is 0.780. The van der Waals surface area contributed by atoms with E-state index in [4.69, 9.17) is 4.74 Å². The highest BCUT2D eigenvalue weighted by molar-refractivity contribution is 5.70. The predicted molar refractivity (Wildman–Crippen MR) is 100 cm³/mol. The summed E-state index contributed by atoms with van der Waals surface area (Å²) in [6.07, 6.45) is 3.52. The Bertz CT molecular complexity index is 871. The van der Waals surface area contributed by atoms with Gasteiger partial charge in [-0.3, -0.25) is 19.2 Å². The van der Waals surface area contributed by atoms with E-state index in [-0.39, 0.29) is 17.8 Å². The number of ether oxygens (including phenoxy) is 1. The van der Waals surface area contributed by atoms with Crippen LogP contribution in [0.1, 0.15) is 45.9 Å². The first kappa shape index (κ1) is 18.8. The Morgan fingerprint density at radius 3 is 2.54 bits per heavy atom. The van der Waals surface area contributed by atoms with E-state index in [0.717, 1.165) is 44.7 Å². The van der Waals surface area contributed by atoms with Crippen LogP contribution < -0.4 is 11.2 Å². The predicted octanol–water partition coefficient (Wildman–Crippen LogP) is 1.22. The van der Waals surface area contributed by atoms with Gasteiger partial charge in [-0.15, -0.1) is 0 Å². The Morgan fingerprint density at radius 1 is 1.19 bits per heavy atom. The molecule has 3 rings (SSSR count).